The van der Waals surface area contributed by atoms with Gasteiger partial charge in [0.15, 0.2) is 0 Å². The van der Waals surface area contributed by atoms with Crippen LogP contribution in [-0.4, -0.2) is 81.6 Å². The topological polar surface area (TPSA) is 109 Å². The highest BCUT2D eigenvalue weighted by Crippen LogP contribution is 2.29. The minimum Gasteiger partial charge on any atom is -0.465 e. The molecule has 47 heavy (non-hydrogen) atoms. The summed E-state index contributed by atoms with van der Waals surface area (Å²) in [6.07, 6.45) is 5.12. The van der Waals surface area contributed by atoms with E-state index in [1.54, 1.807) is 0 Å². The van der Waals surface area contributed by atoms with Gasteiger partial charge in [-0.2, -0.15) is 0 Å². The maximum atomic E-state index is 13.6. The Morgan fingerprint density at radius 3 is 2.53 bits per heavy atom. The van der Waals surface area contributed by atoms with Crippen LogP contribution in [0.1, 0.15) is 48.3 Å². The van der Waals surface area contributed by atoms with Crippen LogP contribution in [0.2, 0.25) is 5.02 Å². The molecular formula is C37H42ClN5O4. The van der Waals surface area contributed by atoms with Crippen LogP contribution >= 0.6 is 11.6 Å². The molecule has 0 spiro atoms. The number of urea groups is 1. The summed E-state index contributed by atoms with van der Waals surface area (Å²) in [5.41, 5.74) is 4.02. The van der Waals surface area contributed by atoms with Crippen molar-refractivity contribution < 1.29 is 19.5 Å². The summed E-state index contributed by atoms with van der Waals surface area (Å²) in [4.78, 5) is 47.1. The Balaban J connectivity index is 1.03. The van der Waals surface area contributed by atoms with Gasteiger partial charge in [0.1, 0.15) is 6.04 Å². The van der Waals surface area contributed by atoms with Crippen molar-refractivity contribution in [1.82, 2.24) is 25.0 Å². The van der Waals surface area contributed by atoms with E-state index in [4.69, 9.17) is 11.6 Å². The van der Waals surface area contributed by atoms with Crippen LogP contribution in [0.25, 0.3) is 10.9 Å². The number of benzene rings is 3. The van der Waals surface area contributed by atoms with E-state index in [1.807, 2.05) is 85.1 Å². The molecule has 9 nitrogen and oxygen atoms in total. The monoisotopic (exact) mass is 655 g/mol. The maximum Gasteiger partial charge on any atom is 0.407 e. The number of para-hydroxylation sites is 1. The molecule has 3 N–H and O–H groups in total. The zero-order valence-electron chi connectivity index (χ0n) is 26.5. The number of hydrogen-bond acceptors (Lipinski definition) is 4. The Kier molecular flexibility index (Phi) is 10.4. The van der Waals surface area contributed by atoms with Crippen molar-refractivity contribution in [3.63, 3.8) is 0 Å². The first-order chi connectivity index (χ1) is 22.8. The zero-order valence-corrected chi connectivity index (χ0v) is 27.2. The molecular weight excluding hydrogens is 614 g/mol. The Labute approximate surface area is 280 Å². The summed E-state index contributed by atoms with van der Waals surface area (Å²) in [6.45, 7) is 3.93. The normalized spacial score (nSPS) is 18.1. The summed E-state index contributed by atoms with van der Waals surface area (Å²) >= 11 is 6.38. The number of carbonyl (C=O) groups excluding carboxylic acids is 2. The van der Waals surface area contributed by atoms with E-state index in [-0.39, 0.29) is 24.4 Å². The number of fused-ring (bicyclic) bond motifs is 1. The van der Waals surface area contributed by atoms with E-state index in [9.17, 15) is 19.5 Å². The van der Waals surface area contributed by atoms with E-state index in [2.05, 4.69) is 15.2 Å². The van der Waals surface area contributed by atoms with Gasteiger partial charge in [-0.1, -0.05) is 72.3 Å². The number of rotatable bonds is 13. The van der Waals surface area contributed by atoms with Crippen LogP contribution < -0.4 is 5.32 Å². The van der Waals surface area contributed by atoms with Crippen molar-refractivity contribution in [1.29, 1.82) is 0 Å². The average molecular weight is 656 g/mol. The number of aromatic amines is 1. The third-order valence-electron chi connectivity index (χ3n) is 9.72. The van der Waals surface area contributed by atoms with Gasteiger partial charge in [0, 0.05) is 54.1 Å². The van der Waals surface area contributed by atoms with E-state index < -0.39 is 12.1 Å². The number of carboxylic acid groups (broad SMARTS) is 1. The van der Waals surface area contributed by atoms with Crippen LogP contribution in [0.15, 0.2) is 85.1 Å². The predicted octanol–water partition coefficient (Wildman–Crippen LogP) is 6.74. The van der Waals surface area contributed by atoms with Crippen molar-refractivity contribution in [2.75, 3.05) is 32.7 Å². The number of piperidine rings is 1. The molecule has 1 unspecified atom stereocenters. The predicted molar refractivity (Wildman–Crippen MR) is 184 cm³/mol. The number of carbonyl (C=O) groups is 3. The van der Waals surface area contributed by atoms with Crippen LogP contribution in [0, 0.1) is 5.92 Å². The Hall–Kier alpha value is -4.34. The van der Waals surface area contributed by atoms with Crippen molar-refractivity contribution in [2.45, 2.75) is 50.6 Å². The molecule has 4 amide bonds. The van der Waals surface area contributed by atoms with Crippen molar-refractivity contribution in [3.8, 4) is 0 Å². The highest BCUT2D eigenvalue weighted by atomic mass is 35.5. The fourth-order valence-corrected chi connectivity index (χ4v) is 7.17. The van der Waals surface area contributed by atoms with Crippen LogP contribution in [-0.2, 0) is 17.8 Å². The number of imide groups is 1. The SMILES string of the molecule is O=C(O)N(CCC1CCN(CCC(CN2C(=O)N[C@H](Cc3c[nH]c4ccccc34)C2=O)c2cccc(Cl)c2)CC1)Cc1ccccc1. The first-order valence-corrected chi connectivity index (χ1v) is 16.9. The lowest BCUT2D eigenvalue weighted by atomic mass is 9.91. The molecule has 0 saturated carbocycles. The van der Waals surface area contributed by atoms with Crippen molar-refractivity contribution >= 4 is 40.5 Å². The number of likely N-dealkylation sites (tertiary alicyclic amines) is 1. The van der Waals surface area contributed by atoms with Gasteiger partial charge in [0.2, 0.25) is 0 Å². The largest absolute Gasteiger partial charge is 0.465 e. The van der Waals surface area contributed by atoms with Gasteiger partial charge in [-0.25, -0.2) is 9.59 Å². The number of aromatic nitrogens is 1. The van der Waals surface area contributed by atoms with Gasteiger partial charge in [-0.15, -0.1) is 0 Å². The van der Waals surface area contributed by atoms with Gasteiger partial charge < -0.3 is 25.2 Å². The third-order valence-corrected chi connectivity index (χ3v) is 9.96. The highest BCUT2D eigenvalue weighted by molar-refractivity contribution is 6.30. The summed E-state index contributed by atoms with van der Waals surface area (Å²) in [5, 5.41) is 14.4. The lowest BCUT2D eigenvalue weighted by molar-refractivity contribution is -0.127. The van der Waals surface area contributed by atoms with Gasteiger partial charge in [-0.05, 0) is 86.1 Å². The highest BCUT2D eigenvalue weighted by Gasteiger charge is 2.39. The molecule has 2 aliphatic rings. The number of nitrogens with zero attached hydrogens (tertiary/aromatic N) is 3. The average Bonchev–Trinajstić information content (AvgIpc) is 3.61. The number of hydrogen-bond donors (Lipinski definition) is 3. The fraction of sp³-hybridized carbons (Fsp3) is 0.378. The van der Waals surface area contributed by atoms with Crippen LogP contribution in [0.4, 0.5) is 9.59 Å². The number of amides is 4. The fourth-order valence-electron chi connectivity index (χ4n) is 6.97. The van der Waals surface area contributed by atoms with Crippen molar-refractivity contribution in [2.24, 2.45) is 5.92 Å². The summed E-state index contributed by atoms with van der Waals surface area (Å²) in [7, 11) is 0. The third kappa shape index (κ3) is 8.15. The second-order valence-corrected chi connectivity index (χ2v) is 13.3. The molecule has 10 heteroatoms. The summed E-state index contributed by atoms with van der Waals surface area (Å²) < 4.78 is 0. The molecule has 3 heterocycles. The maximum absolute atomic E-state index is 13.6. The molecule has 246 valence electrons. The Morgan fingerprint density at radius 1 is 1.00 bits per heavy atom. The zero-order chi connectivity index (χ0) is 32.8. The summed E-state index contributed by atoms with van der Waals surface area (Å²) in [5.74, 6) is 0.221. The van der Waals surface area contributed by atoms with Crippen LogP contribution in [0.3, 0.4) is 0 Å². The lowest BCUT2D eigenvalue weighted by Crippen LogP contribution is -2.39. The smallest absolute Gasteiger partial charge is 0.407 e. The number of H-pyrrole nitrogens is 1. The van der Waals surface area contributed by atoms with E-state index in [1.165, 1.54) is 9.80 Å². The van der Waals surface area contributed by atoms with Gasteiger partial charge >= 0.3 is 12.1 Å². The molecule has 3 aromatic carbocycles. The molecule has 6 rings (SSSR count). The molecule has 4 aromatic rings. The first-order valence-electron chi connectivity index (χ1n) is 16.5. The molecule has 2 atom stereocenters. The summed E-state index contributed by atoms with van der Waals surface area (Å²) in [6, 6.07) is 24.4. The quantitative estimate of drug-likeness (QED) is 0.138. The Bertz CT molecular complexity index is 1690. The van der Waals surface area contributed by atoms with Gasteiger partial charge in [-0.3, -0.25) is 9.69 Å². The molecule has 2 saturated heterocycles. The van der Waals surface area contributed by atoms with E-state index in [0.29, 0.717) is 30.5 Å². The first kappa shape index (κ1) is 32.6. The van der Waals surface area contributed by atoms with E-state index >= 15 is 0 Å². The molecule has 0 bridgehead atoms. The standard InChI is InChI=1S/C37H42ClN5O4/c38-31-10-6-9-28(21-31)29(25-43-35(44)34(40-36(43)45)22-30-23-39-33-12-5-4-11-32(30)33)16-19-41-17-13-26(14-18-41)15-20-42(37(46)47)24-27-7-2-1-3-8-27/h1-12,21,23,26,29,34,39H,13-20,22,24-25H2,(H,40,45)(H,46,47)/t29?,34-/m1/s1. The Morgan fingerprint density at radius 2 is 1.77 bits per heavy atom. The molecule has 0 radical (unpaired) electrons. The van der Waals surface area contributed by atoms with Gasteiger partial charge in [0.25, 0.3) is 5.91 Å². The second-order valence-electron chi connectivity index (χ2n) is 12.8. The molecule has 2 aliphatic heterocycles. The van der Waals surface area contributed by atoms with Crippen LogP contribution in [0.5, 0.6) is 0 Å². The molecule has 2 fully saturated rings. The minimum atomic E-state index is -0.882. The van der Waals surface area contributed by atoms with Crippen molar-refractivity contribution in [3.05, 3.63) is 107 Å². The second kappa shape index (κ2) is 15.0. The van der Waals surface area contributed by atoms with E-state index in [0.717, 1.165) is 72.9 Å². The minimum absolute atomic E-state index is 0.0601. The lowest BCUT2D eigenvalue weighted by Gasteiger charge is -2.34. The molecule has 0 aliphatic carbocycles. The molecule has 1 aromatic heterocycles. The van der Waals surface area contributed by atoms with Gasteiger partial charge in [0.05, 0.1) is 0 Å². The number of halogens is 1. The number of nitrogens with one attached hydrogen (secondary N) is 2.